The van der Waals surface area contributed by atoms with Crippen LogP contribution >= 0.6 is 12.2 Å². The van der Waals surface area contributed by atoms with E-state index in [9.17, 15) is 13.2 Å². The molecule has 0 unspecified atom stereocenters. The molecule has 2 N–H and O–H groups in total. The molecular formula is C14H18N2O3S2. The van der Waals surface area contributed by atoms with E-state index in [1.165, 1.54) is 12.1 Å². The van der Waals surface area contributed by atoms with E-state index in [4.69, 9.17) is 18.0 Å². The molecule has 1 aromatic rings. The van der Waals surface area contributed by atoms with Crippen molar-refractivity contribution in [2.75, 3.05) is 12.8 Å². The van der Waals surface area contributed by atoms with Crippen LogP contribution in [0.4, 0.5) is 0 Å². The number of sulfone groups is 1. The van der Waals surface area contributed by atoms with Gasteiger partial charge in [-0.3, -0.25) is 4.79 Å². The number of carbonyl (C=O) groups excluding carboxylic acids is 1. The third-order valence-electron chi connectivity index (χ3n) is 3.36. The highest BCUT2D eigenvalue weighted by atomic mass is 32.2. The number of amides is 1. The Labute approximate surface area is 130 Å². The summed E-state index contributed by atoms with van der Waals surface area (Å²) in [6.07, 6.45) is 3.54. The minimum absolute atomic E-state index is 0.151. The SMILES string of the molecule is CS(=O)(=O)c1cccc(C(=O)N(CCC(N)=S)C2CC2)c1. The van der Waals surface area contributed by atoms with E-state index in [0.29, 0.717) is 23.5 Å². The lowest BCUT2D eigenvalue weighted by Gasteiger charge is -2.22. The fourth-order valence-corrected chi connectivity index (χ4v) is 2.85. The predicted octanol–water partition coefficient (Wildman–Crippen LogP) is 1.37. The Morgan fingerprint density at radius 3 is 2.62 bits per heavy atom. The Bertz CT molecular complexity index is 667. The highest BCUT2D eigenvalue weighted by Gasteiger charge is 2.33. The van der Waals surface area contributed by atoms with Crippen LogP contribution < -0.4 is 5.73 Å². The molecule has 114 valence electrons. The quantitative estimate of drug-likeness (QED) is 0.799. The molecule has 1 saturated carbocycles. The summed E-state index contributed by atoms with van der Waals surface area (Å²) in [5.41, 5.74) is 5.88. The van der Waals surface area contributed by atoms with Crippen molar-refractivity contribution in [3.63, 3.8) is 0 Å². The largest absolute Gasteiger partial charge is 0.393 e. The topological polar surface area (TPSA) is 80.5 Å². The standard InChI is InChI=1S/C14H18N2O3S2/c1-21(18,19)12-4-2-3-10(9-12)14(17)16(11-5-6-11)8-7-13(15)20/h2-4,9,11H,5-8H2,1H3,(H2,15,20). The van der Waals surface area contributed by atoms with Gasteiger partial charge in [-0.2, -0.15) is 0 Å². The van der Waals surface area contributed by atoms with Crippen LogP contribution in [0.15, 0.2) is 29.2 Å². The molecule has 0 atom stereocenters. The van der Waals surface area contributed by atoms with Crippen LogP contribution in [0.25, 0.3) is 0 Å². The van der Waals surface area contributed by atoms with Gasteiger partial charge in [0.25, 0.3) is 5.91 Å². The van der Waals surface area contributed by atoms with Crippen molar-refractivity contribution >= 4 is 33.0 Å². The van der Waals surface area contributed by atoms with E-state index in [-0.39, 0.29) is 16.8 Å². The van der Waals surface area contributed by atoms with Gasteiger partial charge in [-0.05, 0) is 31.0 Å². The normalized spacial score (nSPS) is 14.7. The van der Waals surface area contributed by atoms with E-state index in [0.717, 1.165) is 19.1 Å². The lowest BCUT2D eigenvalue weighted by Crippen LogP contribution is -2.35. The molecule has 0 aromatic heterocycles. The molecule has 0 radical (unpaired) electrons. The molecule has 1 fully saturated rings. The molecule has 1 aliphatic rings. The van der Waals surface area contributed by atoms with Crippen molar-refractivity contribution in [3.8, 4) is 0 Å². The first-order valence-electron chi connectivity index (χ1n) is 6.68. The minimum Gasteiger partial charge on any atom is -0.393 e. The number of thiocarbonyl (C=S) groups is 1. The van der Waals surface area contributed by atoms with Crippen LogP contribution in [0.5, 0.6) is 0 Å². The Morgan fingerprint density at radius 1 is 1.43 bits per heavy atom. The van der Waals surface area contributed by atoms with Crippen molar-refractivity contribution in [3.05, 3.63) is 29.8 Å². The fraction of sp³-hybridized carbons (Fsp3) is 0.429. The summed E-state index contributed by atoms with van der Waals surface area (Å²) in [5, 5.41) is 0. The van der Waals surface area contributed by atoms with Gasteiger partial charge in [-0.1, -0.05) is 18.3 Å². The van der Waals surface area contributed by atoms with E-state index in [1.54, 1.807) is 17.0 Å². The summed E-state index contributed by atoms with van der Waals surface area (Å²) >= 11 is 4.85. The van der Waals surface area contributed by atoms with Gasteiger partial charge in [-0.25, -0.2) is 8.42 Å². The average molecular weight is 326 g/mol. The summed E-state index contributed by atoms with van der Waals surface area (Å²) in [6, 6.07) is 6.35. The molecule has 7 heteroatoms. The lowest BCUT2D eigenvalue weighted by molar-refractivity contribution is 0.0748. The fourth-order valence-electron chi connectivity index (χ4n) is 2.09. The summed E-state index contributed by atoms with van der Waals surface area (Å²) in [4.78, 5) is 14.8. The van der Waals surface area contributed by atoms with Crippen molar-refractivity contribution in [2.24, 2.45) is 5.73 Å². The predicted molar refractivity (Wildman–Crippen MR) is 85.0 cm³/mol. The molecule has 5 nitrogen and oxygen atoms in total. The van der Waals surface area contributed by atoms with Crippen LogP contribution in [-0.4, -0.2) is 43.1 Å². The Morgan fingerprint density at radius 2 is 2.10 bits per heavy atom. The van der Waals surface area contributed by atoms with Crippen LogP contribution in [0.3, 0.4) is 0 Å². The van der Waals surface area contributed by atoms with E-state index in [1.807, 2.05) is 0 Å². The first-order valence-corrected chi connectivity index (χ1v) is 8.98. The zero-order chi connectivity index (χ0) is 15.6. The second-order valence-corrected chi connectivity index (χ2v) is 7.79. The maximum atomic E-state index is 12.6. The Kier molecular flexibility index (Phi) is 4.63. The highest BCUT2D eigenvalue weighted by molar-refractivity contribution is 7.90. The molecule has 0 aliphatic heterocycles. The maximum absolute atomic E-state index is 12.6. The summed E-state index contributed by atoms with van der Waals surface area (Å²) in [7, 11) is -3.33. The number of hydrogen-bond acceptors (Lipinski definition) is 4. The molecule has 1 amide bonds. The number of nitrogens with zero attached hydrogens (tertiary/aromatic N) is 1. The second kappa shape index (κ2) is 6.11. The molecule has 2 rings (SSSR count). The zero-order valence-corrected chi connectivity index (χ0v) is 13.4. The molecule has 0 saturated heterocycles. The Balaban J connectivity index is 2.22. The lowest BCUT2D eigenvalue weighted by atomic mass is 10.2. The van der Waals surface area contributed by atoms with Gasteiger partial charge in [0, 0.05) is 30.8 Å². The smallest absolute Gasteiger partial charge is 0.254 e. The average Bonchev–Trinajstić information content (AvgIpc) is 3.22. The Hall–Kier alpha value is -1.47. The third kappa shape index (κ3) is 4.25. The van der Waals surface area contributed by atoms with Gasteiger partial charge < -0.3 is 10.6 Å². The summed E-state index contributed by atoms with van der Waals surface area (Å²) in [5.74, 6) is -0.167. The molecule has 21 heavy (non-hydrogen) atoms. The van der Waals surface area contributed by atoms with Crippen molar-refractivity contribution in [1.29, 1.82) is 0 Å². The van der Waals surface area contributed by atoms with E-state index in [2.05, 4.69) is 0 Å². The molecule has 1 aromatic carbocycles. The van der Waals surface area contributed by atoms with E-state index >= 15 is 0 Å². The van der Waals surface area contributed by atoms with Crippen molar-refractivity contribution in [1.82, 2.24) is 4.90 Å². The van der Waals surface area contributed by atoms with Gasteiger partial charge in [0.2, 0.25) is 0 Å². The molecule has 0 bridgehead atoms. The third-order valence-corrected chi connectivity index (χ3v) is 4.67. The number of carbonyl (C=O) groups is 1. The number of rotatable bonds is 6. The van der Waals surface area contributed by atoms with Gasteiger partial charge >= 0.3 is 0 Å². The minimum atomic E-state index is -3.33. The first-order chi connectivity index (χ1) is 9.79. The molecule has 1 aliphatic carbocycles. The van der Waals surface area contributed by atoms with Crippen LogP contribution in [0.1, 0.15) is 29.6 Å². The van der Waals surface area contributed by atoms with Crippen LogP contribution in [0.2, 0.25) is 0 Å². The second-order valence-electron chi connectivity index (χ2n) is 5.25. The van der Waals surface area contributed by atoms with Gasteiger partial charge in [0.05, 0.1) is 9.88 Å². The van der Waals surface area contributed by atoms with Crippen molar-refractivity contribution < 1.29 is 13.2 Å². The van der Waals surface area contributed by atoms with Gasteiger partial charge in [0.15, 0.2) is 9.84 Å². The first kappa shape index (κ1) is 15.9. The van der Waals surface area contributed by atoms with E-state index < -0.39 is 9.84 Å². The maximum Gasteiger partial charge on any atom is 0.254 e. The van der Waals surface area contributed by atoms with Gasteiger partial charge in [-0.15, -0.1) is 0 Å². The monoisotopic (exact) mass is 326 g/mol. The number of nitrogens with two attached hydrogens (primary N) is 1. The van der Waals surface area contributed by atoms with Crippen molar-refractivity contribution in [2.45, 2.75) is 30.2 Å². The molecular weight excluding hydrogens is 308 g/mol. The van der Waals surface area contributed by atoms with Gasteiger partial charge in [0.1, 0.15) is 0 Å². The highest BCUT2D eigenvalue weighted by Crippen LogP contribution is 2.28. The number of hydrogen-bond donors (Lipinski definition) is 1. The van der Waals surface area contributed by atoms with Crippen LogP contribution in [-0.2, 0) is 9.84 Å². The molecule has 0 spiro atoms. The summed E-state index contributed by atoms with van der Waals surface area (Å²) < 4.78 is 23.2. The molecule has 0 heterocycles. The number of benzene rings is 1. The van der Waals surface area contributed by atoms with Crippen LogP contribution in [0, 0.1) is 0 Å². The summed E-state index contributed by atoms with van der Waals surface area (Å²) in [6.45, 7) is 0.474. The zero-order valence-electron chi connectivity index (χ0n) is 11.8.